The fourth-order valence-electron chi connectivity index (χ4n) is 2.16. The summed E-state index contributed by atoms with van der Waals surface area (Å²) in [5.74, 6) is 0.510. The molecule has 0 bridgehead atoms. The molecule has 0 spiro atoms. The van der Waals surface area contributed by atoms with Gasteiger partial charge in [0, 0.05) is 13.1 Å². The number of nitrogens with one attached hydrogen (secondary N) is 2. The molecular weight excluding hydrogens is 270 g/mol. The highest BCUT2D eigenvalue weighted by atomic mass is 16.2. The van der Waals surface area contributed by atoms with Gasteiger partial charge in [0.1, 0.15) is 5.82 Å². The SMILES string of the molecule is CCCC(N)C(=O)Nc1ccc(N2CCNC(=O)C2)nc1. The molecule has 21 heavy (non-hydrogen) atoms. The molecule has 7 heteroatoms. The third kappa shape index (κ3) is 4.16. The van der Waals surface area contributed by atoms with Gasteiger partial charge in [-0.3, -0.25) is 9.59 Å². The second-order valence-corrected chi connectivity index (χ2v) is 5.06. The number of hydrogen-bond acceptors (Lipinski definition) is 5. The van der Waals surface area contributed by atoms with E-state index in [0.29, 0.717) is 25.2 Å². The van der Waals surface area contributed by atoms with Crippen LogP contribution in [0.3, 0.4) is 0 Å². The second-order valence-electron chi connectivity index (χ2n) is 5.06. The van der Waals surface area contributed by atoms with E-state index < -0.39 is 6.04 Å². The third-order valence-corrected chi connectivity index (χ3v) is 3.31. The average Bonchev–Trinajstić information content (AvgIpc) is 2.48. The largest absolute Gasteiger partial charge is 0.353 e. The van der Waals surface area contributed by atoms with Crippen LogP contribution in [-0.2, 0) is 9.59 Å². The molecule has 1 fully saturated rings. The maximum absolute atomic E-state index is 11.8. The molecule has 1 aliphatic heterocycles. The molecule has 4 N–H and O–H groups in total. The Kier molecular flexibility index (Phi) is 5.10. The number of piperazine rings is 1. The predicted octanol–water partition coefficient (Wildman–Crippen LogP) is 0.0837. The summed E-state index contributed by atoms with van der Waals surface area (Å²) in [5.41, 5.74) is 6.36. The molecule has 1 saturated heterocycles. The lowest BCUT2D eigenvalue weighted by molar-refractivity contribution is -0.120. The van der Waals surface area contributed by atoms with Crippen molar-refractivity contribution in [3.63, 3.8) is 0 Å². The monoisotopic (exact) mass is 291 g/mol. The van der Waals surface area contributed by atoms with Gasteiger partial charge in [0.25, 0.3) is 0 Å². The van der Waals surface area contributed by atoms with Gasteiger partial charge < -0.3 is 21.3 Å². The summed E-state index contributed by atoms with van der Waals surface area (Å²) in [6.07, 6.45) is 3.10. The fourth-order valence-corrected chi connectivity index (χ4v) is 2.16. The van der Waals surface area contributed by atoms with Gasteiger partial charge in [0.05, 0.1) is 24.5 Å². The van der Waals surface area contributed by atoms with E-state index in [-0.39, 0.29) is 11.8 Å². The van der Waals surface area contributed by atoms with Crippen molar-refractivity contribution in [1.29, 1.82) is 0 Å². The molecule has 0 radical (unpaired) electrons. The number of anilines is 2. The van der Waals surface area contributed by atoms with Gasteiger partial charge in [-0.1, -0.05) is 13.3 Å². The minimum atomic E-state index is -0.500. The highest BCUT2D eigenvalue weighted by Gasteiger charge is 2.17. The quantitative estimate of drug-likeness (QED) is 0.713. The van der Waals surface area contributed by atoms with Crippen LogP contribution in [0.25, 0.3) is 0 Å². The third-order valence-electron chi connectivity index (χ3n) is 3.31. The molecule has 0 saturated carbocycles. The second kappa shape index (κ2) is 7.03. The lowest BCUT2D eigenvalue weighted by Gasteiger charge is -2.27. The zero-order valence-corrected chi connectivity index (χ0v) is 12.1. The molecule has 1 unspecified atom stereocenters. The molecule has 2 heterocycles. The van der Waals surface area contributed by atoms with Crippen molar-refractivity contribution in [1.82, 2.24) is 10.3 Å². The standard InChI is InChI=1S/C14H21N5O2/c1-2-3-11(15)14(21)18-10-4-5-12(17-8-10)19-7-6-16-13(20)9-19/h4-5,8,11H,2-3,6-7,9,15H2,1H3,(H,16,20)(H,18,21). The van der Waals surface area contributed by atoms with Crippen LogP contribution in [0.4, 0.5) is 11.5 Å². The van der Waals surface area contributed by atoms with E-state index >= 15 is 0 Å². The van der Waals surface area contributed by atoms with Crippen LogP contribution in [0.5, 0.6) is 0 Å². The van der Waals surface area contributed by atoms with Crippen LogP contribution in [0.15, 0.2) is 18.3 Å². The van der Waals surface area contributed by atoms with Crippen LogP contribution in [0.2, 0.25) is 0 Å². The molecule has 2 amide bonds. The van der Waals surface area contributed by atoms with Crippen molar-refractivity contribution in [2.45, 2.75) is 25.8 Å². The van der Waals surface area contributed by atoms with Gasteiger partial charge in [0.15, 0.2) is 0 Å². The van der Waals surface area contributed by atoms with Gasteiger partial charge in [-0.2, -0.15) is 0 Å². The molecule has 0 aromatic carbocycles. The molecular formula is C14H21N5O2. The number of hydrogen-bond donors (Lipinski definition) is 3. The molecule has 1 atom stereocenters. The molecule has 1 aromatic heterocycles. The maximum Gasteiger partial charge on any atom is 0.241 e. The van der Waals surface area contributed by atoms with Gasteiger partial charge in [-0.25, -0.2) is 4.98 Å². The minimum Gasteiger partial charge on any atom is -0.353 e. The van der Waals surface area contributed by atoms with E-state index in [9.17, 15) is 9.59 Å². The average molecular weight is 291 g/mol. The van der Waals surface area contributed by atoms with Crippen molar-refractivity contribution in [2.75, 3.05) is 29.9 Å². The Morgan fingerprint density at radius 1 is 1.57 bits per heavy atom. The Balaban J connectivity index is 1.95. The minimum absolute atomic E-state index is 0.00836. The summed E-state index contributed by atoms with van der Waals surface area (Å²) in [4.78, 5) is 29.3. The lowest BCUT2D eigenvalue weighted by Crippen LogP contribution is -2.48. The summed E-state index contributed by atoms with van der Waals surface area (Å²) >= 11 is 0. The van der Waals surface area contributed by atoms with Gasteiger partial charge in [0.2, 0.25) is 11.8 Å². The smallest absolute Gasteiger partial charge is 0.241 e. The number of pyridine rings is 1. The Morgan fingerprint density at radius 2 is 2.38 bits per heavy atom. The van der Waals surface area contributed by atoms with Crippen molar-refractivity contribution in [3.05, 3.63) is 18.3 Å². The Labute approximate surface area is 123 Å². The summed E-state index contributed by atoms with van der Waals surface area (Å²) < 4.78 is 0. The van der Waals surface area contributed by atoms with Gasteiger partial charge in [-0.05, 0) is 18.6 Å². The number of carbonyl (C=O) groups is 2. The van der Waals surface area contributed by atoms with Crippen molar-refractivity contribution >= 4 is 23.3 Å². The van der Waals surface area contributed by atoms with E-state index in [0.717, 1.165) is 18.8 Å². The first-order valence-electron chi connectivity index (χ1n) is 7.14. The molecule has 0 aliphatic carbocycles. The number of nitrogens with zero attached hydrogens (tertiary/aromatic N) is 2. The first-order chi connectivity index (χ1) is 10.1. The zero-order valence-electron chi connectivity index (χ0n) is 12.1. The predicted molar refractivity (Wildman–Crippen MR) is 81.0 cm³/mol. The Morgan fingerprint density at radius 3 is 3.00 bits per heavy atom. The van der Waals surface area contributed by atoms with Crippen molar-refractivity contribution in [3.8, 4) is 0 Å². The highest BCUT2D eigenvalue weighted by molar-refractivity contribution is 5.94. The van der Waals surface area contributed by atoms with Crippen LogP contribution in [0.1, 0.15) is 19.8 Å². The number of nitrogens with two attached hydrogens (primary N) is 1. The van der Waals surface area contributed by atoms with Crippen LogP contribution >= 0.6 is 0 Å². The number of carbonyl (C=O) groups excluding carboxylic acids is 2. The lowest BCUT2D eigenvalue weighted by atomic mass is 10.1. The van der Waals surface area contributed by atoms with Crippen LogP contribution in [-0.4, -0.2) is 42.5 Å². The fraction of sp³-hybridized carbons (Fsp3) is 0.500. The van der Waals surface area contributed by atoms with E-state index in [1.807, 2.05) is 11.8 Å². The first-order valence-corrected chi connectivity index (χ1v) is 7.14. The highest BCUT2D eigenvalue weighted by Crippen LogP contribution is 2.15. The first kappa shape index (κ1) is 15.2. The maximum atomic E-state index is 11.8. The van der Waals surface area contributed by atoms with E-state index in [1.165, 1.54) is 0 Å². The Hall–Kier alpha value is -2.15. The van der Waals surface area contributed by atoms with Gasteiger partial charge in [-0.15, -0.1) is 0 Å². The van der Waals surface area contributed by atoms with Crippen LogP contribution < -0.4 is 21.3 Å². The summed E-state index contributed by atoms with van der Waals surface area (Å²) in [7, 11) is 0. The molecule has 1 aliphatic rings. The number of amides is 2. The van der Waals surface area contributed by atoms with Crippen molar-refractivity contribution < 1.29 is 9.59 Å². The topological polar surface area (TPSA) is 100 Å². The Bertz CT molecular complexity index is 503. The molecule has 114 valence electrons. The normalized spacial score (nSPS) is 16.3. The van der Waals surface area contributed by atoms with Crippen LogP contribution in [0, 0.1) is 0 Å². The molecule has 7 nitrogen and oxygen atoms in total. The molecule has 2 rings (SSSR count). The van der Waals surface area contributed by atoms with E-state index in [4.69, 9.17) is 5.73 Å². The van der Waals surface area contributed by atoms with E-state index in [1.54, 1.807) is 18.3 Å². The van der Waals surface area contributed by atoms with Gasteiger partial charge >= 0.3 is 0 Å². The number of aromatic nitrogens is 1. The summed E-state index contributed by atoms with van der Waals surface area (Å²) in [5, 5.41) is 5.51. The molecule has 1 aromatic rings. The zero-order chi connectivity index (χ0) is 15.2. The van der Waals surface area contributed by atoms with Crippen molar-refractivity contribution in [2.24, 2.45) is 5.73 Å². The summed E-state index contributed by atoms with van der Waals surface area (Å²) in [6, 6.07) is 3.06. The van der Waals surface area contributed by atoms with E-state index in [2.05, 4.69) is 15.6 Å². The summed E-state index contributed by atoms with van der Waals surface area (Å²) in [6.45, 7) is 3.63. The number of rotatable bonds is 5.